The van der Waals surface area contributed by atoms with Crippen molar-refractivity contribution >= 4 is 0 Å². The fourth-order valence-corrected chi connectivity index (χ4v) is 0. The third-order valence-electron chi connectivity index (χ3n) is 0. The van der Waals surface area contributed by atoms with Crippen LogP contribution < -0.4 is 37.2 Å². The number of hydrogen-bond acceptors (Lipinski definition) is 0. The van der Waals surface area contributed by atoms with Gasteiger partial charge < -0.3 is 37.2 Å². The smallest absolute Gasteiger partial charge is 1.00 e. The summed E-state index contributed by atoms with van der Waals surface area (Å²) in [6, 6.07) is 0. The van der Waals surface area contributed by atoms with E-state index in [1.54, 1.807) is 0 Å². The van der Waals surface area contributed by atoms with Gasteiger partial charge in [-0.25, -0.2) is 0 Å². The van der Waals surface area contributed by atoms with Gasteiger partial charge in [-0.2, -0.15) is 0 Å². The number of halogens is 3. The predicted octanol–water partition coefficient (Wildman–Crippen LogP) is -8.35. The average molecular weight is 174 g/mol. The predicted molar refractivity (Wildman–Crippen MR) is 6.73 cm³/mol. The second-order valence-corrected chi connectivity index (χ2v) is 0. The normalized spacial score (nSPS) is 0. The molecule has 0 amide bonds. The Labute approximate surface area is 62.1 Å². The van der Waals surface area contributed by atoms with Gasteiger partial charge in [-0.05, 0) is 0 Å². The molecule has 1 radical (unpaired) electrons. The maximum atomic E-state index is 0. The summed E-state index contributed by atoms with van der Waals surface area (Å²) in [5.74, 6) is 0. The molecule has 0 nitrogen and oxygen atoms in total. The number of rotatable bonds is 0. The van der Waals surface area contributed by atoms with E-state index in [9.17, 15) is 0 Å². The largest absolute Gasteiger partial charge is 3.00 e. The molecule has 4 heteroatoms. The van der Waals surface area contributed by atoms with Crippen LogP contribution >= 0.6 is 0 Å². The van der Waals surface area contributed by atoms with Crippen LogP contribution in [-0.4, -0.2) is 0 Å². The van der Waals surface area contributed by atoms with Crippen molar-refractivity contribution in [2.45, 2.75) is 7.43 Å². The van der Waals surface area contributed by atoms with E-state index < -0.39 is 0 Å². The second-order valence-electron chi connectivity index (χ2n) is 0. The van der Waals surface area contributed by atoms with E-state index in [2.05, 4.69) is 0 Å². The molecular weight excluding hydrogens is 170 g/mol. The summed E-state index contributed by atoms with van der Waals surface area (Å²) in [4.78, 5) is 0. The van der Waals surface area contributed by atoms with Gasteiger partial charge in [-0.1, -0.05) is 7.43 Å². The molecule has 0 spiro atoms. The summed E-state index contributed by atoms with van der Waals surface area (Å²) in [5, 5.41) is 0. The Morgan fingerprint density at radius 2 is 0.600 bits per heavy atom. The van der Waals surface area contributed by atoms with E-state index in [0.717, 1.165) is 0 Å². The first-order valence-corrected chi connectivity index (χ1v) is 0. The van der Waals surface area contributed by atoms with Crippen molar-refractivity contribution in [2.75, 3.05) is 0 Å². The van der Waals surface area contributed by atoms with E-state index in [-0.39, 0.29) is 62.0 Å². The minimum absolute atomic E-state index is 0. The first kappa shape index (κ1) is 95.0. The van der Waals surface area contributed by atoms with Crippen molar-refractivity contribution in [3.63, 3.8) is 0 Å². The molecule has 0 aromatic heterocycles. The van der Waals surface area contributed by atoms with Gasteiger partial charge in [0.25, 0.3) is 0 Å². The van der Waals surface area contributed by atoms with Crippen LogP contribution in [0.1, 0.15) is 7.43 Å². The van der Waals surface area contributed by atoms with Crippen molar-refractivity contribution in [3.05, 3.63) is 0 Å². The van der Waals surface area contributed by atoms with Crippen LogP contribution in [0.4, 0.5) is 0 Å². The van der Waals surface area contributed by atoms with Gasteiger partial charge in [0.05, 0.1) is 0 Å². The maximum Gasteiger partial charge on any atom is 3.00 e. The van der Waals surface area contributed by atoms with Crippen molar-refractivity contribution in [1.29, 1.82) is 0 Å². The molecule has 0 saturated carbocycles. The monoisotopic (exact) mass is 173 g/mol. The minimum Gasteiger partial charge on any atom is -1.00 e. The summed E-state index contributed by atoms with van der Waals surface area (Å²) < 4.78 is 0. The molecule has 35 valence electrons. The van der Waals surface area contributed by atoms with Crippen LogP contribution in [0, 0.1) is 0 Å². The van der Waals surface area contributed by atoms with E-state index in [1.165, 1.54) is 0 Å². The Morgan fingerprint density at radius 1 is 0.600 bits per heavy atom. The SMILES string of the molecule is C.[Cl-].[Cl-].[Cl-].[Cr+3]. The van der Waals surface area contributed by atoms with Crippen molar-refractivity contribution in [1.82, 2.24) is 0 Å². The molecule has 0 aliphatic rings. The van der Waals surface area contributed by atoms with E-state index >= 15 is 0 Å². The van der Waals surface area contributed by atoms with Crippen LogP contribution in [0.15, 0.2) is 0 Å². The fraction of sp³-hybridized carbons (Fsp3) is 1.00. The van der Waals surface area contributed by atoms with Gasteiger partial charge in [0.2, 0.25) is 0 Å². The quantitative estimate of drug-likeness (QED) is 0.342. The molecule has 0 rings (SSSR count). The molecule has 0 atom stereocenters. The van der Waals surface area contributed by atoms with Gasteiger partial charge in [0, 0.05) is 0 Å². The van der Waals surface area contributed by atoms with Crippen molar-refractivity contribution in [2.24, 2.45) is 0 Å². The average Bonchev–Trinajstić information content (AvgIpc) is 0. The maximum absolute atomic E-state index is 0. The Hall–Kier alpha value is 1.40. The van der Waals surface area contributed by atoms with Crippen LogP contribution in [0.25, 0.3) is 0 Å². The summed E-state index contributed by atoms with van der Waals surface area (Å²) in [6.45, 7) is 0. The third-order valence-corrected chi connectivity index (χ3v) is 0. The van der Waals surface area contributed by atoms with Crippen LogP contribution in [0.3, 0.4) is 0 Å². The Balaban J connectivity index is 0. The Bertz CT molecular complexity index is 6.85. The van der Waals surface area contributed by atoms with Crippen LogP contribution in [-0.2, 0) is 17.4 Å². The first-order valence-electron chi connectivity index (χ1n) is 0. The molecule has 0 bridgehead atoms. The van der Waals surface area contributed by atoms with Crippen molar-refractivity contribution < 1.29 is 54.6 Å². The zero-order valence-electron chi connectivity index (χ0n) is 1.54. The van der Waals surface area contributed by atoms with Gasteiger partial charge in [-0.15, -0.1) is 0 Å². The molecule has 0 saturated heterocycles. The van der Waals surface area contributed by atoms with E-state index in [4.69, 9.17) is 0 Å². The minimum atomic E-state index is 0. The van der Waals surface area contributed by atoms with E-state index in [1.807, 2.05) is 0 Å². The Kier molecular flexibility index (Phi) is 1010. The summed E-state index contributed by atoms with van der Waals surface area (Å²) in [7, 11) is 0. The van der Waals surface area contributed by atoms with Crippen molar-refractivity contribution in [3.8, 4) is 0 Å². The zero-order chi connectivity index (χ0) is 0. The molecule has 0 aromatic carbocycles. The standard InChI is InChI=1S/CH4.3ClH.Cr/h1H4;3*1H;/q;;;;+3/p-3. The summed E-state index contributed by atoms with van der Waals surface area (Å²) in [5.41, 5.74) is 0. The molecule has 0 N–H and O–H groups in total. The molecule has 0 aromatic rings. The zero-order valence-corrected chi connectivity index (χ0v) is 5.08. The topological polar surface area (TPSA) is 0 Å². The molecule has 0 fully saturated rings. The second kappa shape index (κ2) is 53.2. The Morgan fingerprint density at radius 3 is 0.600 bits per heavy atom. The molecule has 0 aliphatic heterocycles. The van der Waals surface area contributed by atoms with Gasteiger partial charge in [0.15, 0.2) is 0 Å². The fourth-order valence-electron chi connectivity index (χ4n) is 0. The van der Waals surface area contributed by atoms with Crippen LogP contribution in [0.2, 0.25) is 0 Å². The molecule has 0 unspecified atom stereocenters. The molecule has 0 heterocycles. The third kappa shape index (κ3) is 31.8. The molecular formula is CH4Cl3Cr. The number of hydrogen-bond donors (Lipinski definition) is 0. The van der Waals surface area contributed by atoms with Gasteiger partial charge in [0.1, 0.15) is 0 Å². The van der Waals surface area contributed by atoms with Crippen LogP contribution in [0.5, 0.6) is 0 Å². The van der Waals surface area contributed by atoms with Gasteiger partial charge >= 0.3 is 17.4 Å². The molecule has 0 aliphatic carbocycles. The van der Waals surface area contributed by atoms with E-state index in [0.29, 0.717) is 0 Å². The molecule has 5 heavy (non-hydrogen) atoms. The van der Waals surface area contributed by atoms with Gasteiger partial charge in [-0.3, -0.25) is 0 Å². The summed E-state index contributed by atoms with van der Waals surface area (Å²) >= 11 is 0. The first-order chi connectivity index (χ1) is 0. The summed E-state index contributed by atoms with van der Waals surface area (Å²) in [6.07, 6.45) is 0.